The smallest absolute Gasteiger partial charge is 0.0720 e. The number of hydrogen-bond donors (Lipinski definition) is 0. The molecule has 0 atom stereocenters. The van der Waals surface area contributed by atoms with Gasteiger partial charge in [0.15, 0.2) is 0 Å². The highest BCUT2D eigenvalue weighted by Crippen LogP contribution is 2.58. The van der Waals surface area contributed by atoms with Gasteiger partial charge in [0.1, 0.15) is 0 Å². The molecular weight excluding hydrogens is 160 g/mol. The van der Waals surface area contributed by atoms with Gasteiger partial charge in [-0.3, -0.25) is 0 Å². The van der Waals surface area contributed by atoms with Crippen molar-refractivity contribution in [2.75, 3.05) is 13.2 Å². The number of ether oxygens (including phenoxy) is 1. The van der Waals surface area contributed by atoms with E-state index in [9.17, 15) is 0 Å². The SMILES string of the molecule is C=CC1=C(C)C2(CC2)C(=C)COC1. The summed E-state index contributed by atoms with van der Waals surface area (Å²) in [6.07, 6.45) is 4.42. The molecule has 0 bridgehead atoms. The van der Waals surface area contributed by atoms with Crippen LogP contribution in [0.2, 0.25) is 0 Å². The zero-order chi connectivity index (χ0) is 9.47. The van der Waals surface area contributed by atoms with E-state index in [1.165, 1.54) is 29.6 Å². The molecule has 2 rings (SSSR count). The van der Waals surface area contributed by atoms with Crippen LogP contribution in [0.25, 0.3) is 0 Å². The highest BCUT2D eigenvalue weighted by atomic mass is 16.5. The largest absolute Gasteiger partial charge is 0.372 e. The van der Waals surface area contributed by atoms with Gasteiger partial charge in [0.05, 0.1) is 13.2 Å². The molecule has 1 heterocycles. The van der Waals surface area contributed by atoms with Crippen LogP contribution in [0.4, 0.5) is 0 Å². The lowest BCUT2D eigenvalue weighted by atomic mass is 9.87. The first-order valence-electron chi connectivity index (χ1n) is 4.79. The molecular formula is C12H16O. The Kier molecular flexibility index (Phi) is 1.92. The van der Waals surface area contributed by atoms with E-state index in [2.05, 4.69) is 20.1 Å². The Hall–Kier alpha value is -0.820. The van der Waals surface area contributed by atoms with Gasteiger partial charge in [-0.05, 0) is 30.9 Å². The summed E-state index contributed by atoms with van der Waals surface area (Å²) in [4.78, 5) is 0. The Bertz CT molecular complexity index is 292. The first-order valence-corrected chi connectivity index (χ1v) is 4.79. The van der Waals surface area contributed by atoms with Gasteiger partial charge in [-0.15, -0.1) is 0 Å². The molecule has 13 heavy (non-hydrogen) atoms. The summed E-state index contributed by atoms with van der Waals surface area (Å²) < 4.78 is 5.53. The Morgan fingerprint density at radius 1 is 1.38 bits per heavy atom. The lowest BCUT2D eigenvalue weighted by Crippen LogP contribution is -2.07. The molecule has 0 aromatic rings. The molecule has 1 fully saturated rings. The maximum absolute atomic E-state index is 5.53. The van der Waals surface area contributed by atoms with E-state index in [1.54, 1.807) is 0 Å². The second-order valence-corrected chi connectivity index (χ2v) is 4.03. The van der Waals surface area contributed by atoms with Crippen molar-refractivity contribution in [2.45, 2.75) is 19.8 Å². The van der Waals surface area contributed by atoms with Crippen LogP contribution in [-0.4, -0.2) is 13.2 Å². The molecule has 0 unspecified atom stereocenters. The van der Waals surface area contributed by atoms with E-state index in [4.69, 9.17) is 4.74 Å². The second-order valence-electron chi connectivity index (χ2n) is 4.03. The minimum Gasteiger partial charge on any atom is -0.372 e. The Morgan fingerprint density at radius 3 is 2.62 bits per heavy atom. The van der Waals surface area contributed by atoms with Gasteiger partial charge in [0.25, 0.3) is 0 Å². The van der Waals surface area contributed by atoms with Crippen molar-refractivity contribution in [2.24, 2.45) is 5.41 Å². The third-order valence-electron chi connectivity index (χ3n) is 3.41. The van der Waals surface area contributed by atoms with Crippen LogP contribution in [0.5, 0.6) is 0 Å². The van der Waals surface area contributed by atoms with Gasteiger partial charge < -0.3 is 4.74 Å². The number of rotatable bonds is 1. The fourth-order valence-corrected chi connectivity index (χ4v) is 2.17. The minimum absolute atomic E-state index is 0.292. The molecule has 2 aliphatic rings. The Labute approximate surface area is 79.8 Å². The molecule has 1 aliphatic carbocycles. The molecule has 1 aliphatic heterocycles. The first-order chi connectivity index (χ1) is 6.20. The zero-order valence-corrected chi connectivity index (χ0v) is 8.23. The topological polar surface area (TPSA) is 9.23 Å². The van der Waals surface area contributed by atoms with E-state index < -0.39 is 0 Å². The molecule has 1 nitrogen and oxygen atoms in total. The first kappa shape index (κ1) is 8.76. The average Bonchev–Trinajstić information content (AvgIpc) is 2.91. The predicted molar refractivity (Wildman–Crippen MR) is 54.5 cm³/mol. The molecule has 70 valence electrons. The monoisotopic (exact) mass is 176 g/mol. The number of hydrogen-bond acceptors (Lipinski definition) is 1. The quantitative estimate of drug-likeness (QED) is 0.558. The van der Waals surface area contributed by atoms with Gasteiger partial charge >= 0.3 is 0 Å². The van der Waals surface area contributed by atoms with Crippen molar-refractivity contribution in [3.63, 3.8) is 0 Å². The summed E-state index contributed by atoms with van der Waals surface area (Å²) in [5, 5.41) is 0. The third-order valence-corrected chi connectivity index (χ3v) is 3.41. The highest BCUT2D eigenvalue weighted by Gasteiger charge is 2.48. The predicted octanol–water partition coefficient (Wildman–Crippen LogP) is 2.86. The summed E-state index contributed by atoms with van der Waals surface area (Å²) in [5.41, 5.74) is 4.24. The van der Waals surface area contributed by atoms with E-state index >= 15 is 0 Å². The van der Waals surface area contributed by atoms with E-state index in [0.717, 1.165) is 0 Å². The highest BCUT2D eigenvalue weighted by molar-refractivity contribution is 5.41. The molecule has 1 saturated carbocycles. The summed E-state index contributed by atoms with van der Waals surface area (Å²) >= 11 is 0. The van der Waals surface area contributed by atoms with E-state index in [-0.39, 0.29) is 0 Å². The lowest BCUT2D eigenvalue weighted by molar-refractivity contribution is 0.181. The van der Waals surface area contributed by atoms with E-state index in [1.807, 2.05) is 6.08 Å². The van der Waals surface area contributed by atoms with Crippen LogP contribution < -0.4 is 0 Å². The van der Waals surface area contributed by atoms with E-state index in [0.29, 0.717) is 18.6 Å². The van der Waals surface area contributed by atoms with Crippen molar-refractivity contribution < 1.29 is 4.74 Å². The molecule has 0 saturated heterocycles. The van der Waals surface area contributed by atoms with Crippen LogP contribution >= 0.6 is 0 Å². The summed E-state index contributed by atoms with van der Waals surface area (Å²) in [6, 6.07) is 0. The zero-order valence-electron chi connectivity index (χ0n) is 8.23. The maximum atomic E-state index is 5.53. The second kappa shape index (κ2) is 2.85. The number of allylic oxidation sites excluding steroid dienone is 1. The molecule has 1 heteroatoms. The Morgan fingerprint density at radius 2 is 2.08 bits per heavy atom. The van der Waals surface area contributed by atoms with Crippen LogP contribution in [0.15, 0.2) is 36.0 Å². The summed E-state index contributed by atoms with van der Waals surface area (Å²) in [5.74, 6) is 0. The van der Waals surface area contributed by atoms with Gasteiger partial charge in [-0.25, -0.2) is 0 Å². The van der Waals surface area contributed by atoms with Crippen molar-refractivity contribution in [3.05, 3.63) is 36.0 Å². The van der Waals surface area contributed by atoms with Gasteiger partial charge in [0.2, 0.25) is 0 Å². The van der Waals surface area contributed by atoms with Crippen molar-refractivity contribution >= 4 is 0 Å². The van der Waals surface area contributed by atoms with Crippen molar-refractivity contribution in [1.29, 1.82) is 0 Å². The average molecular weight is 176 g/mol. The van der Waals surface area contributed by atoms with Gasteiger partial charge in [-0.2, -0.15) is 0 Å². The fraction of sp³-hybridized carbons (Fsp3) is 0.500. The van der Waals surface area contributed by atoms with Gasteiger partial charge in [0, 0.05) is 5.41 Å². The summed E-state index contributed by atoms with van der Waals surface area (Å²) in [7, 11) is 0. The molecule has 0 radical (unpaired) electrons. The fourth-order valence-electron chi connectivity index (χ4n) is 2.17. The van der Waals surface area contributed by atoms with Crippen molar-refractivity contribution in [3.8, 4) is 0 Å². The molecule has 0 amide bonds. The summed E-state index contributed by atoms with van der Waals surface area (Å²) in [6.45, 7) is 11.6. The third kappa shape index (κ3) is 1.19. The van der Waals surface area contributed by atoms with Crippen molar-refractivity contribution in [1.82, 2.24) is 0 Å². The molecule has 0 aromatic heterocycles. The van der Waals surface area contributed by atoms with Crippen LogP contribution in [-0.2, 0) is 4.74 Å². The standard InChI is InChI=1S/C12H16O/c1-4-11-8-13-7-9(2)12(5-6-12)10(11)3/h4H,1-2,5-8H2,3H3. The van der Waals surface area contributed by atoms with Crippen LogP contribution in [0.3, 0.4) is 0 Å². The maximum Gasteiger partial charge on any atom is 0.0720 e. The Balaban J connectivity index is 2.41. The van der Waals surface area contributed by atoms with Crippen LogP contribution in [0, 0.1) is 5.41 Å². The molecule has 1 spiro atoms. The van der Waals surface area contributed by atoms with Gasteiger partial charge in [-0.1, -0.05) is 24.8 Å². The molecule has 0 N–H and O–H groups in total. The normalized spacial score (nSPS) is 26.1. The van der Waals surface area contributed by atoms with Crippen LogP contribution in [0.1, 0.15) is 19.8 Å². The lowest BCUT2D eigenvalue weighted by Gasteiger charge is -2.16. The minimum atomic E-state index is 0.292. The molecule has 0 aromatic carbocycles.